The van der Waals surface area contributed by atoms with Crippen LogP contribution in [0.4, 0.5) is 0 Å². The van der Waals surface area contributed by atoms with Crippen molar-refractivity contribution in [1.82, 2.24) is 9.88 Å². The first-order valence-electron chi connectivity index (χ1n) is 9.01. The lowest BCUT2D eigenvalue weighted by atomic mass is 9.98. The third kappa shape index (κ3) is 4.92. The van der Waals surface area contributed by atoms with Gasteiger partial charge in [-0.1, -0.05) is 22.8 Å². The summed E-state index contributed by atoms with van der Waals surface area (Å²) in [5.74, 6) is 1.54. The zero-order valence-corrected chi connectivity index (χ0v) is 16.7. The molecule has 1 aliphatic heterocycles. The van der Waals surface area contributed by atoms with Gasteiger partial charge in [-0.25, -0.2) is 0 Å². The smallest absolute Gasteiger partial charge is 0.177 e. The van der Waals surface area contributed by atoms with Crippen LogP contribution in [0.3, 0.4) is 0 Å². The zero-order valence-electron chi connectivity index (χ0n) is 16.0. The molecule has 1 aromatic heterocycles. The molecule has 1 aromatic carbocycles. The van der Waals surface area contributed by atoms with Crippen molar-refractivity contribution in [2.45, 2.75) is 19.1 Å². The molecule has 28 heavy (non-hydrogen) atoms. The fraction of sp³-hybridized carbons (Fsp3) is 0.400. The van der Waals surface area contributed by atoms with Crippen molar-refractivity contribution in [3.05, 3.63) is 53.3 Å². The fourth-order valence-corrected chi connectivity index (χ4v) is 3.43. The summed E-state index contributed by atoms with van der Waals surface area (Å²) in [7, 11) is 3.29. The van der Waals surface area contributed by atoms with Crippen molar-refractivity contribution >= 4 is 16.8 Å². The molecule has 0 fully saturated rings. The van der Waals surface area contributed by atoms with Gasteiger partial charge in [-0.2, -0.15) is 0 Å². The number of hydrogen-bond acceptors (Lipinski definition) is 7. The lowest BCUT2D eigenvalue weighted by Crippen LogP contribution is -2.38. The molecule has 1 atom stereocenters. The standard InChI is InChI=1S/C20H24ClN3O4/c1-26-18-6-5-15-11-24(9-7-17(15)19(18)27-2)12-16(25)13-28-23-20(21)14-4-3-8-22-10-14/h3-6,8,10,16,25H,7,9,11-13H2,1-2H3/b23-20-. The molecule has 2 heterocycles. The van der Waals surface area contributed by atoms with Gasteiger partial charge in [-0.3, -0.25) is 9.88 Å². The molecule has 0 saturated heterocycles. The van der Waals surface area contributed by atoms with Gasteiger partial charge in [-0.15, -0.1) is 0 Å². The number of hydrogen-bond donors (Lipinski definition) is 1. The van der Waals surface area contributed by atoms with Crippen LogP contribution in [0.2, 0.25) is 0 Å². The molecular weight excluding hydrogens is 382 g/mol. The minimum Gasteiger partial charge on any atom is -0.493 e. The van der Waals surface area contributed by atoms with E-state index in [1.54, 1.807) is 38.7 Å². The van der Waals surface area contributed by atoms with Gasteiger partial charge in [0.2, 0.25) is 0 Å². The number of fused-ring (bicyclic) bond motifs is 1. The Morgan fingerprint density at radius 2 is 2.18 bits per heavy atom. The van der Waals surface area contributed by atoms with Gasteiger partial charge >= 0.3 is 0 Å². The maximum atomic E-state index is 10.3. The number of β-amino-alcohol motifs (C(OH)–C–C–N with tert-alkyl or cyclic N) is 1. The second kappa shape index (κ2) is 9.73. The van der Waals surface area contributed by atoms with Crippen LogP contribution in [0.25, 0.3) is 0 Å². The molecule has 3 rings (SSSR count). The van der Waals surface area contributed by atoms with Crippen LogP contribution in [0.15, 0.2) is 41.8 Å². The average Bonchev–Trinajstić information content (AvgIpc) is 2.73. The van der Waals surface area contributed by atoms with Gasteiger partial charge in [0, 0.05) is 43.2 Å². The van der Waals surface area contributed by atoms with Crippen LogP contribution in [-0.2, 0) is 17.8 Å². The molecule has 0 radical (unpaired) electrons. The zero-order chi connectivity index (χ0) is 19.9. The maximum Gasteiger partial charge on any atom is 0.177 e. The molecule has 2 aromatic rings. The number of methoxy groups -OCH3 is 2. The van der Waals surface area contributed by atoms with Gasteiger partial charge < -0.3 is 19.4 Å². The number of aromatic nitrogens is 1. The molecule has 0 spiro atoms. The summed E-state index contributed by atoms with van der Waals surface area (Å²) in [5.41, 5.74) is 3.00. The van der Waals surface area contributed by atoms with Gasteiger partial charge in [0.25, 0.3) is 0 Å². The van der Waals surface area contributed by atoms with Gasteiger partial charge in [0.05, 0.1) is 14.2 Å². The van der Waals surface area contributed by atoms with Crippen molar-refractivity contribution in [1.29, 1.82) is 0 Å². The Hall–Kier alpha value is -2.35. The van der Waals surface area contributed by atoms with Crippen LogP contribution < -0.4 is 9.47 Å². The van der Waals surface area contributed by atoms with E-state index in [-0.39, 0.29) is 11.8 Å². The van der Waals surface area contributed by atoms with E-state index in [0.717, 1.165) is 36.6 Å². The van der Waals surface area contributed by atoms with Crippen molar-refractivity contribution in [2.75, 3.05) is 33.9 Å². The first-order valence-corrected chi connectivity index (χ1v) is 9.39. The molecule has 7 nitrogen and oxygen atoms in total. The minimum absolute atomic E-state index is 0.0613. The molecule has 0 saturated carbocycles. The highest BCUT2D eigenvalue weighted by molar-refractivity contribution is 6.69. The number of oxime groups is 1. The summed E-state index contributed by atoms with van der Waals surface area (Å²) in [6.45, 7) is 2.08. The number of nitrogens with zero attached hydrogens (tertiary/aromatic N) is 3. The molecule has 1 N–H and O–H groups in total. The third-order valence-electron chi connectivity index (χ3n) is 4.60. The topological polar surface area (TPSA) is 76.4 Å². The Labute approximate surface area is 169 Å². The van der Waals surface area contributed by atoms with Gasteiger partial charge in [0.1, 0.15) is 12.7 Å². The van der Waals surface area contributed by atoms with E-state index in [0.29, 0.717) is 12.1 Å². The summed E-state index contributed by atoms with van der Waals surface area (Å²) in [6.07, 6.45) is 3.40. The van der Waals surface area contributed by atoms with Crippen molar-refractivity contribution in [3.8, 4) is 11.5 Å². The Bertz CT molecular complexity index is 817. The normalized spacial score (nSPS) is 15.6. The van der Waals surface area contributed by atoms with Crippen molar-refractivity contribution in [2.24, 2.45) is 5.16 Å². The van der Waals surface area contributed by atoms with Crippen LogP contribution in [-0.4, -0.2) is 60.2 Å². The molecule has 0 aliphatic carbocycles. The Morgan fingerprint density at radius 3 is 2.89 bits per heavy atom. The predicted molar refractivity (Wildman–Crippen MR) is 107 cm³/mol. The number of halogens is 1. The first kappa shape index (κ1) is 20.4. The summed E-state index contributed by atoms with van der Waals surface area (Å²) < 4.78 is 10.9. The van der Waals surface area contributed by atoms with Crippen LogP contribution in [0, 0.1) is 0 Å². The highest BCUT2D eigenvalue weighted by Crippen LogP contribution is 2.36. The van der Waals surface area contributed by atoms with Crippen LogP contribution in [0.5, 0.6) is 11.5 Å². The molecule has 150 valence electrons. The lowest BCUT2D eigenvalue weighted by molar-refractivity contribution is 0.0168. The molecule has 0 bridgehead atoms. The molecular formula is C20H24ClN3O4. The number of ether oxygens (including phenoxy) is 2. The summed E-state index contributed by atoms with van der Waals surface area (Å²) in [4.78, 5) is 11.4. The summed E-state index contributed by atoms with van der Waals surface area (Å²) in [6, 6.07) is 7.51. The quantitative estimate of drug-likeness (QED) is 0.537. The minimum atomic E-state index is -0.677. The number of rotatable bonds is 8. The second-order valence-electron chi connectivity index (χ2n) is 6.50. The van der Waals surface area contributed by atoms with E-state index in [1.807, 2.05) is 12.1 Å². The predicted octanol–water partition coefficient (Wildman–Crippen LogP) is 2.44. The number of aliphatic hydroxyl groups is 1. The lowest BCUT2D eigenvalue weighted by Gasteiger charge is -2.31. The summed E-state index contributed by atoms with van der Waals surface area (Å²) in [5, 5.41) is 14.3. The van der Waals surface area contributed by atoms with E-state index in [9.17, 15) is 5.11 Å². The molecule has 1 unspecified atom stereocenters. The van der Waals surface area contributed by atoms with Crippen LogP contribution >= 0.6 is 11.6 Å². The molecule has 0 amide bonds. The summed E-state index contributed by atoms with van der Waals surface area (Å²) >= 11 is 6.06. The number of benzene rings is 1. The second-order valence-corrected chi connectivity index (χ2v) is 6.86. The van der Waals surface area contributed by atoms with Crippen LogP contribution in [0.1, 0.15) is 16.7 Å². The van der Waals surface area contributed by atoms with E-state index in [1.165, 1.54) is 5.56 Å². The molecule has 8 heteroatoms. The Kier molecular flexibility index (Phi) is 7.08. The van der Waals surface area contributed by atoms with Crippen molar-refractivity contribution in [3.63, 3.8) is 0 Å². The van der Waals surface area contributed by atoms with E-state index >= 15 is 0 Å². The monoisotopic (exact) mass is 405 g/mol. The fourth-order valence-electron chi connectivity index (χ4n) is 3.27. The van der Waals surface area contributed by atoms with E-state index in [4.69, 9.17) is 25.9 Å². The highest BCUT2D eigenvalue weighted by Gasteiger charge is 2.23. The van der Waals surface area contributed by atoms with Gasteiger partial charge in [-0.05, 0) is 30.2 Å². The van der Waals surface area contributed by atoms with E-state index < -0.39 is 6.10 Å². The maximum absolute atomic E-state index is 10.3. The number of pyridine rings is 1. The van der Waals surface area contributed by atoms with Crippen molar-refractivity contribution < 1.29 is 19.4 Å². The third-order valence-corrected chi connectivity index (χ3v) is 4.88. The average molecular weight is 406 g/mol. The molecule has 1 aliphatic rings. The Morgan fingerprint density at radius 1 is 1.32 bits per heavy atom. The highest BCUT2D eigenvalue weighted by atomic mass is 35.5. The number of aliphatic hydroxyl groups excluding tert-OH is 1. The Balaban J connectivity index is 1.53. The van der Waals surface area contributed by atoms with E-state index in [2.05, 4.69) is 15.0 Å². The largest absolute Gasteiger partial charge is 0.493 e. The SMILES string of the molecule is COc1ccc2c(c1OC)CCN(CC(O)CO/N=C(\Cl)c1cccnc1)C2. The van der Waals surface area contributed by atoms with Gasteiger partial charge in [0.15, 0.2) is 16.7 Å². The first-order chi connectivity index (χ1) is 13.6.